The topological polar surface area (TPSA) is 140 Å². The van der Waals surface area contributed by atoms with Crippen LogP contribution < -0.4 is 20.7 Å². The number of ether oxygens (including phenoxy) is 1. The Morgan fingerprint density at radius 3 is 2.46 bits per heavy atom. The van der Waals surface area contributed by atoms with Crippen LogP contribution in [0.2, 0.25) is 0 Å². The number of nitrogens with zero attached hydrogens (tertiary/aromatic N) is 1. The first-order valence-electron chi connectivity index (χ1n) is 13.9. The highest BCUT2D eigenvalue weighted by atomic mass is 16.5. The van der Waals surface area contributed by atoms with Gasteiger partial charge in [0.05, 0.1) is 24.3 Å². The van der Waals surface area contributed by atoms with Crippen LogP contribution in [-0.2, 0) is 9.59 Å². The number of hydrogen-bond acceptors (Lipinski definition) is 6. The number of allylic oxidation sites excluding steroid dienone is 1. The van der Waals surface area contributed by atoms with Crippen molar-refractivity contribution in [3.63, 3.8) is 0 Å². The SMILES string of the molecule is COc1cccc(C2CCN(CCCNC(=O)Nc3cccc(C4=C(C(=O)O)C(C)NC(C)=C4C(=O)O)c3)CC2)c1. The minimum Gasteiger partial charge on any atom is -0.497 e. The highest BCUT2D eigenvalue weighted by molar-refractivity contribution is 6.14. The molecule has 1 fully saturated rings. The first-order valence-corrected chi connectivity index (χ1v) is 13.9. The molecule has 2 aliphatic rings. The number of aliphatic carboxylic acids is 2. The third kappa shape index (κ3) is 7.26. The normalized spacial score (nSPS) is 18.1. The van der Waals surface area contributed by atoms with Crippen molar-refractivity contribution >= 4 is 29.2 Å². The van der Waals surface area contributed by atoms with Crippen molar-refractivity contribution < 1.29 is 29.3 Å². The van der Waals surface area contributed by atoms with Gasteiger partial charge in [-0.15, -0.1) is 0 Å². The third-order valence-electron chi connectivity index (χ3n) is 7.70. The second-order valence-electron chi connectivity index (χ2n) is 10.5. The standard InChI is InChI=1S/C31H38N4O6/c1-19-26(29(36)37)28(27(30(38)39)20(2)33-19)23-8-4-9-24(17-23)34-31(40)32-13-6-14-35-15-11-21(12-16-35)22-7-5-10-25(18-22)41-3/h4-5,7-10,17-19,21,33H,6,11-16H2,1-3H3,(H,36,37)(H,38,39)(H2,32,34,40). The number of benzene rings is 2. The summed E-state index contributed by atoms with van der Waals surface area (Å²) in [4.78, 5) is 39.1. The van der Waals surface area contributed by atoms with Crippen LogP contribution in [-0.4, -0.2) is 72.4 Å². The summed E-state index contributed by atoms with van der Waals surface area (Å²) in [5.41, 5.74) is 2.53. The van der Waals surface area contributed by atoms with Gasteiger partial charge in [-0.25, -0.2) is 14.4 Å². The average molecular weight is 563 g/mol. The number of carboxylic acids is 2. The molecule has 0 radical (unpaired) electrons. The van der Waals surface area contributed by atoms with E-state index in [0.29, 0.717) is 29.4 Å². The third-order valence-corrected chi connectivity index (χ3v) is 7.70. The Labute approximate surface area is 240 Å². The molecule has 2 amide bonds. The molecule has 2 aliphatic heterocycles. The number of urea groups is 1. The van der Waals surface area contributed by atoms with Gasteiger partial charge >= 0.3 is 18.0 Å². The molecule has 0 spiro atoms. The number of hydrogen-bond donors (Lipinski definition) is 5. The van der Waals surface area contributed by atoms with Crippen LogP contribution in [0.4, 0.5) is 10.5 Å². The maximum Gasteiger partial charge on any atom is 0.338 e. The van der Waals surface area contributed by atoms with Crippen molar-refractivity contribution in [1.29, 1.82) is 0 Å². The first-order chi connectivity index (χ1) is 19.7. The van der Waals surface area contributed by atoms with Crippen molar-refractivity contribution in [1.82, 2.24) is 15.5 Å². The lowest BCUT2D eigenvalue weighted by atomic mass is 9.85. The van der Waals surface area contributed by atoms with Crippen LogP contribution in [0.5, 0.6) is 5.75 Å². The molecule has 2 heterocycles. The minimum atomic E-state index is -1.23. The van der Waals surface area contributed by atoms with Crippen molar-refractivity contribution in [3.8, 4) is 5.75 Å². The van der Waals surface area contributed by atoms with E-state index in [9.17, 15) is 24.6 Å². The molecule has 0 aliphatic carbocycles. The summed E-state index contributed by atoms with van der Waals surface area (Å²) in [5, 5.41) is 28.2. The van der Waals surface area contributed by atoms with E-state index < -0.39 is 18.0 Å². The number of carbonyl (C=O) groups is 3. The van der Waals surface area contributed by atoms with Gasteiger partial charge in [0.2, 0.25) is 0 Å². The molecule has 0 aromatic heterocycles. The van der Waals surface area contributed by atoms with Crippen LogP contribution in [0.3, 0.4) is 0 Å². The summed E-state index contributed by atoms with van der Waals surface area (Å²) in [6.07, 6.45) is 2.98. The highest BCUT2D eigenvalue weighted by Gasteiger charge is 2.33. The fourth-order valence-electron chi connectivity index (χ4n) is 5.68. The molecular weight excluding hydrogens is 524 g/mol. The van der Waals surface area contributed by atoms with Crippen LogP contribution in [0.15, 0.2) is 65.4 Å². The molecule has 5 N–H and O–H groups in total. The molecule has 0 saturated carbocycles. The van der Waals surface area contributed by atoms with E-state index in [4.69, 9.17) is 4.74 Å². The maximum absolute atomic E-state index is 12.6. The number of nitrogens with one attached hydrogen (secondary N) is 3. The van der Waals surface area contributed by atoms with Gasteiger partial charge < -0.3 is 35.8 Å². The summed E-state index contributed by atoms with van der Waals surface area (Å²) in [7, 11) is 1.69. The highest BCUT2D eigenvalue weighted by Crippen LogP contribution is 2.35. The number of methoxy groups -OCH3 is 1. The van der Waals surface area contributed by atoms with Gasteiger partial charge in [0.25, 0.3) is 0 Å². The number of anilines is 1. The van der Waals surface area contributed by atoms with Gasteiger partial charge in [0.1, 0.15) is 5.75 Å². The first kappa shape index (κ1) is 29.7. The predicted molar refractivity (Wildman–Crippen MR) is 157 cm³/mol. The van der Waals surface area contributed by atoms with Crippen molar-refractivity contribution in [2.75, 3.05) is 38.6 Å². The summed E-state index contributed by atoms with van der Waals surface area (Å²) >= 11 is 0. The van der Waals surface area contributed by atoms with Crippen LogP contribution in [0.25, 0.3) is 5.57 Å². The largest absolute Gasteiger partial charge is 0.497 e. The van der Waals surface area contributed by atoms with Crippen LogP contribution >= 0.6 is 0 Å². The summed E-state index contributed by atoms with van der Waals surface area (Å²) in [6.45, 7) is 6.69. The van der Waals surface area contributed by atoms with E-state index in [2.05, 4.69) is 33.0 Å². The zero-order valence-electron chi connectivity index (χ0n) is 23.7. The van der Waals surface area contributed by atoms with Gasteiger partial charge in [-0.2, -0.15) is 0 Å². The molecule has 10 nitrogen and oxygen atoms in total. The number of rotatable bonds is 10. The van der Waals surface area contributed by atoms with Crippen LogP contribution in [0, 0.1) is 0 Å². The zero-order chi connectivity index (χ0) is 29.5. The van der Waals surface area contributed by atoms with Gasteiger partial charge in [0.15, 0.2) is 0 Å². The lowest BCUT2D eigenvalue weighted by Crippen LogP contribution is -2.36. The number of carbonyl (C=O) groups excluding carboxylic acids is 1. The monoisotopic (exact) mass is 562 g/mol. The van der Waals surface area contributed by atoms with Crippen LogP contribution in [0.1, 0.15) is 50.2 Å². The Kier molecular flexibility index (Phi) is 9.67. The Bertz CT molecular complexity index is 1360. The van der Waals surface area contributed by atoms with E-state index in [1.807, 2.05) is 12.1 Å². The van der Waals surface area contributed by atoms with E-state index in [1.54, 1.807) is 45.2 Å². The fourth-order valence-corrected chi connectivity index (χ4v) is 5.68. The summed E-state index contributed by atoms with van der Waals surface area (Å²) in [5.74, 6) is -1.01. The molecular formula is C31H38N4O6. The second-order valence-corrected chi connectivity index (χ2v) is 10.5. The van der Waals surface area contributed by atoms with E-state index in [-0.39, 0.29) is 22.8 Å². The van der Waals surface area contributed by atoms with Gasteiger partial charge in [-0.1, -0.05) is 24.3 Å². The molecule has 1 saturated heterocycles. The average Bonchev–Trinajstić information content (AvgIpc) is 2.95. The Morgan fingerprint density at radius 2 is 1.78 bits per heavy atom. The van der Waals surface area contributed by atoms with E-state index >= 15 is 0 Å². The Hall–Kier alpha value is -4.31. The van der Waals surface area contributed by atoms with Gasteiger partial charge in [0, 0.05) is 23.5 Å². The van der Waals surface area contributed by atoms with Gasteiger partial charge in [-0.3, -0.25) is 0 Å². The summed E-state index contributed by atoms with van der Waals surface area (Å²) < 4.78 is 5.36. The van der Waals surface area contributed by atoms with Gasteiger partial charge in [-0.05, 0) is 94.1 Å². The van der Waals surface area contributed by atoms with Crippen molar-refractivity contribution in [2.45, 2.75) is 45.1 Å². The molecule has 1 atom stereocenters. The smallest absolute Gasteiger partial charge is 0.338 e. The molecule has 0 bridgehead atoms. The Balaban J connectivity index is 1.29. The number of amides is 2. The zero-order valence-corrected chi connectivity index (χ0v) is 23.7. The maximum atomic E-state index is 12.6. The lowest BCUT2D eigenvalue weighted by molar-refractivity contribution is -0.133. The molecule has 218 valence electrons. The number of dihydropyridines is 1. The number of likely N-dealkylation sites (tertiary alicyclic amines) is 1. The molecule has 41 heavy (non-hydrogen) atoms. The lowest BCUT2D eigenvalue weighted by Gasteiger charge is -2.32. The molecule has 2 aromatic carbocycles. The molecule has 10 heteroatoms. The fraction of sp³-hybridized carbons (Fsp3) is 0.387. The summed E-state index contributed by atoms with van der Waals surface area (Å²) in [6, 6.07) is 13.9. The quantitative estimate of drug-likeness (QED) is 0.271. The number of piperidine rings is 1. The molecule has 1 unspecified atom stereocenters. The number of carboxylic acid groups (broad SMARTS) is 2. The predicted octanol–water partition coefficient (Wildman–Crippen LogP) is 4.27. The van der Waals surface area contributed by atoms with Crippen molar-refractivity contribution in [2.24, 2.45) is 0 Å². The second kappa shape index (κ2) is 13.4. The molecule has 2 aromatic rings. The molecule has 4 rings (SSSR count). The van der Waals surface area contributed by atoms with E-state index in [0.717, 1.165) is 44.6 Å². The minimum absolute atomic E-state index is 0.0397. The Morgan fingerprint density at radius 1 is 1.05 bits per heavy atom. The van der Waals surface area contributed by atoms with E-state index in [1.165, 1.54) is 5.56 Å². The van der Waals surface area contributed by atoms with Crippen molar-refractivity contribution in [3.05, 3.63) is 76.5 Å².